The Hall–Kier alpha value is -1.97. The summed E-state index contributed by atoms with van der Waals surface area (Å²) >= 11 is 0. The number of alkyl halides is 3. The van der Waals surface area contributed by atoms with Crippen molar-refractivity contribution in [2.24, 2.45) is 0 Å². The SMILES string of the molecule is CC(C)c1cccc(OCCC(C)(C)c2cccc(C(F)(F)F)c2)c1. The smallest absolute Gasteiger partial charge is 0.416 e. The van der Waals surface area contributed by atoms with E-state index in [0.717, 1.165) is 11.8 Å². The largest absolute Gasteiger partial charge is 0.494 e. The van der Waals surface area contributed by atoms with Gasteiger partial charge in [-0.25, -0.2) is 0 Å². The van der Waals surface area contributed by atoms with Gasteiger partial charge in [0.15, 0.2) is 0 Å². The third-order valence-corrected chi connectivity index (χ3v) is 4.49. The van der Waals surface area contributed by atoms with E-state index in [4.69, 9.17) is 4.74 Å². The van der Waals surface area contributed by atoms with Crippen LogP contribution in [0.5, 0.6) is 5.75 Å². The summed E-state index contributed by atoms with van der Waals surface area (Å²) < 4.78 is 44.6. The normalized spacial score (nSPS) is 12.5. The van der Waals surface area contributed by atoms with Gasteiger partial charge in [0, 0.05) is 0 Å². The van der Waals surface area contributed by atoms with Crippen molar-refractivity contribution >= 4 is 0 Å². The van der Waals surface area contributed by atoms with Crippen LogP contribution < -0.4 is 4.74 Å². The van der Waals surface area contributed by atoms with Gasteiger partial charge in [-0.2, -0.15) is 13.2 Å². The first kappa shape index (κ1) is 19.4. The topological polar surface area (TPSA) is 9.23 Å². The Labute approximate surface area is 147 Å². The molecule has 1 nitrogen and oxygen atoms in total. The molecule has 0 bridgehead atoms. The average molecular weight is 350 g/mol. The van der Waals surface area contributed by atoms with Crippen molar-refractivity contribution in [3.63, 3.8) is 0 Å². The average Bonchev–Trinajstić information content (AvgIpc) is 2.54. The maximum absolute atomic E-state index is 12.9. The Morgan fingerprint density at radius 3 is 2.20 bits per heavy atom. The van der Waals surface area contributed by atoms with Crippen LogP contribution in [-0.4, -0.2) is 6.61 Å². The highest BCUT2D eigenvalue weighted by atomic mass is 19.4. The lowest BCUT2D eigenvalue weighted by Crippen LogP contribution is -2.21. The van der Waals surface area contributed by atoms with E-state index in [1.807, 2.05) is 32.0 Å². The van der Waals surface area contributed by atoms with Crippen LogP contribution in [0.4, 0.5) is 13.2 Å². The zero-order valence-corrected chi connectivity index (χ0v) is 15.2. The minimum Gasteiger partial charge on any atom is -0.494 e. The van der Waals surface area contributed by atoms with Crippen LogP contribution in [0.25, 0.3) is 0 Å². The molecule has 0 aliphatic carbocycles. The predicted molar refractivity (Wildman–Crippen MR) is 95.1 cm³/mol. The van der Waals surface area contributed by atoms with Gasteiger partial charge in [-0.1, -0.05) is 58.0 Å². The van der Waals surface area contributed by atoms with Gasteiger partial charge in [0.05, 0.1) is 12.2 Å². The molecular formula is C21H25F3O. The van der Waals surface area contributed by atoms with Crippen molar-refractivity contribution in [1.82, 2.24) is 0 Å². The highest BCUT2D eigenvalue weighted by Gasteiger charge is 2.32. The lowest BCUT2D eigenvalue weighted by atomic mass is 9.81. The molecule has 0 atom stereocenters. The Morgan fingerprint density at radius 1 is 0.920 bits per heavy atom. The van der Waals surface area contributed by atoms with Crippen LogP contribution in [0.3, 0.4) is 0 Å². The van der Waals surface area contributed by atoms with Gasteiger partial charge < -0.3 is 4.74 Å². The van der Waals surface area contributed by atoms with Crippen molar-refractivity contribution in [3.8, 4) is 5.75 Å². The summed E-state index contributed by atoms with van der Waals surface area (Å²) in [5.74, 6) is 1.22. The molecule has 0 aromatic heterocycles. The molecule has 2 aromatic carbocycles. The van der Waals surface area contributed by atoms with Gasteiger partial charge >= 0.3 is 6.18 Å². The number of hydrogen-bond donors (Lipinski definition) is 0. The van der Waals surface area contributed by atoms with Gasteiger partial charge in [-0.3, -0.25) is 0 Å². The van der Waals surface area contributed by atoms with Crippen molar-refractivity contribution < 1.29 is 17.9 Å². The molecule has 0 N–H and O–H groups in total. The van der Waals surface area contributed by atoms with Crippen LogP contribution in [0, 0.1) is 0 Å². The molecule has 136 valence electrons. The number of halogens is 3. The fourth-order valence-electron chi connectivity index (χ4n) is 2.65. The summed E-state index contributed by atoms with van der Waals surface area (Å²) in [5.41, 5.74) is 0.858. The van der Waals surface area contributed by atoms with E-state index >= 15 is 0 Å². The lowest BCUT2D eigenvalue weighted by molar-refractivity contribution is -0.137. The van der Waals surface area contributed by atoms with Crippen LogP contribution >= 0.6 is 0 Å². The Morgan fingerprint density at radius 2 is 1.56 bits per heavy atom. The second kappa shape index (κ2) is 7.51. The molecule has 2 aromatic rings. The maximum Gasteiger partial charge on any atom is 0.416 e. The second-order valence-electron chi connectivity index (χ2n) is 7.29. The number of ether oxygens (including phenoxy) is 1. The van der Waals surface area contributed by atoms with Crippen LogP contribution in [-0.2, 0) is 11.6 Å². The van der Waals surface area contributed by atoms with E-state index in [0.29, 0.717) is 24.5 Å². The zero-order valence-electron chi connectivity index (χ0n) is 15.2. The molecule has 25 heavy (non-hydrogen) atoms. The molecule has 0 aliphatic rings. The van der Waals surface area contributed by atoms with E-state index in [9.17, 15) is 13.2 Å². The molecular weight excluding hydrogens is 325 g/mol. The van der Waals surface area contributed by atoms with Gasteiger partial charge in [0.2, 0.25) is 0 Å². The molecule has 4 heteroatoms. The van der Waals surface area contributed by atoms with Gasteiger partial charge in [-0.15, -0.1) is 0 Å². The minimum atomic E-state index is -4.32. The summed E-state index contributed by atoms with van der Waals surface area (Å²) in [6, 6.07) is 13.5. The summed E-state index contributed by atoms with van der Waals surface area (Å²) in [5, 5.41) is 0. The van der Waals surface area contributed by atoms with Crippen molar-refractivity contribution in [3.05, 3.63) is 65.2 Å². The van der Waals surface area contributed by atoms with E-state index in [1.54, 1.807) is 6.07 Å². The lowest BCUT2D eigenvalue weighted by Gasteiger charge is -2.26. The van der Waals surface area contributed by atoms with E-state index in [1.165, 1.54) is 17.7 Å². The third-order valence-electron chi connectivity index (χ3n) is 4.49. The standard InChI is InChI=1S/C21H25F3O/c1-15(2)16-7-5-10-19(13-16)25-12-11-20(3,4)17-8-6-9-18(14-17)21(22,23)24/h5-10,13-15H,11-12H2,1-4H3. The van der Waals surface area contributed by atoms with Gasteiger partial charge in [0.25, 0.3) is 0 Å². The van der Waals surface area contributed by atoms with Crippen molar-refractivity contribution in [2.75, 3.05) is 6.61 Å². The molecule has 0 spiro atoms. The third kappa shape index (κ3) is 5.25. The molecule has 0 saturated heterocycles. The van der Waals surface area contributed by atoms with Crippen LogP contribution in [0.15, 0.2) is 48.5 Å². The first-order valence-electron chi connectivity index (χ1n) is 8.50. The molecule has 0 aliphatic heterocycles. The Bertz CT molecular complexity index is 702. The van der Waals surface area contributed by atoms with Crippen LogP contribution in [0.1, 0.15) is 56.7 Å². The molecule has 0 saturated carbocycles. The molecule has 0 unspecified atom stereocenters. The highest BCUT2D eigenvalue weighted by Crippen LogP contribution is 2.34. The van der Waals surface area contributed by atoms with Crippen LogP contribution in [0.2, 0.25) is 0 Å². The van der Waals surface area contributed by atoms with Gasteiger partial charge in [0.1, 0.15) is 5.75 Å². The number of rotatable bonds is 6. The van der Waals surface area contributed by atoms with E-state index in [2.05, 4.69) is 19.9 Å². The predicted octanol–water partition coefficient (Wildman–Crippen LogP) is 6.58. The maximum atomic E-state index is 12.9. The number of hydrogen-bond acceptors (Lipinski definition) is 1. The fraction of sp³-hybridized carbons (Fsp3) is 0.429. The molecule has 0 fully saturated rings. The second-order valence-corrected chi connectivity index (χ2v) is 7.29. The summed E-state index contributed by atoms with van der Waals surface area (Å²) in [4.78, 5) is 0. The first-order valence-corrected chi connectivity index (χ1v) is 8.50. The van der Waals surface area contributed by atoms with Crippen molar-refractivity contribution in [2.45, 2.75) is 51.6 Å². The van der Waals surface area contributed by atoms with Crippen molar-refractivity contribution in [1.29, 1.82) is 0 Å². The summed E-state index contributed by atoms with van der Waals surface area (Å²) in [6.45, 7) is 8.57. The Balaban J connectivity index is 2.03. The highest BCUT2D eigenvalue weighted by molar-refractivity contribution is 5.32. The fourth-order valence-corrected chi connectivity index (χ4v) is 2.65. The zero-order chi connectivity index (χ0) is 18.7. The molecule has 2 rings (SSSR count). The monoisotopic (exact) mass is 350 g/mol. The minimum absolute atomic E-state index is 0.406. The Kier molecular flexibility index (Phi) is 5.81. The van der Waals surface area contributed by atoms with Gasteiger partial charge in [-0.05, 0) is 47.1 Å². The van der Waals surface area contributed by atoms with E-state index < -0.39 is 17.2 Å². The quantitative estimate of drug-likeness (QED) is 0.572. The molecule has 0 amide bonds. The molecule has 0 radical (unpaired) electrons. The summed E-state index contributed by atoms with van der Waals surface area (Å²) in [7, 11) is 0. The number of benzene rings is 2. The molecule has 0 heterocycles. The summed E-state index contributed by atoms with van der Waals surface area (Å²) in [6.07, 6.45) is -3.69. The van der Waals surface area contributed by atoms with E-state index in [-0.39, 0.29) is 0 Å². The first-order chi connectivity index (χ1) is 11.6.